The lowest BCUT2D eigenvalue weighted by molar-refractivity contribution is 0.394. The number of aromatic nitrogens is 1. The molecule has 2 nitrogen and oxygen atoms in total. The van der Waals surface area contributed by atoms with E-state index < -0.39 is 0 Å². The molecule has 1 aromatic heterocycles. The van der Waals surface area contributed by atoms with Crippen LogP contribution in [-0.4, -0.2) is 16.8 Å². The maximum Gasteiger partial charge on any atom is 0.0991 e. The molecule has 0 bridgehead atoms. The Balaban J connectivity index is 1.96. The Morgan fingerprint density at radius 1 is 1.42 bits per heavy atom. The molecule has 0 aromatic carbocycles. The predicted molar refractivity (Wildman–Crippen MR) is 83.6 cm³/mol. The Kier molecular flexibility index (Phi) is 5.71. The number of thioether (sulfide) groups is 1. The normalized spacial score (nSPS) is 23.5. The second kappa shape index (κ2) is 7.30. The van der Waals surface area contributed by atoms with Gasteiger partial charge in [0, 0.05) is 18.0 Å². The fourth-order valence-corrected chi connectivity index (χ4v) is 4.14. The van der Waals surface area contributed by atoms with Gasteiger partial charge in [0.1, 0.15) is 0 Å². The monoisotopic (exact) mass is 278 g/mol. The van der Waals surface area contributed by atoms with Gasteiger partial charge in [-0.1, -0.05) is 32.8 Å². The number of rotatable bonds is 5. The topological polar surface area (TPSA) is 24.9 Å². The molecule has 1 aliphatic rings. The average Bonchev–Trinajstić information content (AvgIpc) is 2.39. The quantitative estimate of drug-likeness (QED) is 0.875. The van der Waals surface area contributed by atoms with E-state index >= 15 is 0 Å². The summed E-state index contributed by atoms with van der Waals surface area (Å²) in [4.78, 5) is 4.67. The third-order valence-electron chi connectivity index (χ3n) is 3.83. The second-order valence-corrected chi connectivity index (χ2v) is 7.05. The van der Waals surface area contributed by atoms with Gasteiger partial charge in [-0.3, -0.25) is 0 Å². The molecule has 0 aliphatic heterocycles. The van der Waals surface area contributed by atoms with Gasteiger partial charge in [0.05, 0.1) is 5.03 Å². The highest BCUT2D eigenvalue weighted by molar-refractivity contribution is 7.99. The van der Waals surface area contributed by atoms with Crippen LogP contribution in [0.4, 0.5) is 0 Å². The molecule has 2 rings (SSSR count). The molecule has 1 aliphatic carbocycles. The summed E-state index contributed by atoms with van der Waals surface area (Å²) in [5.74, 6) is 0.889. The molecule has 0 spiro atoms. The lowest BCUT2D eigenvalue weighted by Crippen LogP contribution is -2.15. The van der Waals surface area contributed by atoms with Crippen LogP contribution in [0.15, 0.2) is 17.3 Å². The summed E-state index contributed by atoms with van der Waals surface area (Å²) < 4.78 is 0. The molecule has 0 saturated heterocycles. The van der Waals surface area contributed by atoms with Crippen LogP contribution in [0.5, 0.6) is 0 Å². The number of aryl methyl sites for hydroxylation is 1. The Morgan fingerprint density at radius 3 is 2.95 bits per heavy atom. The minimum absolute atomic E-state index is 0.773. The third-order valence-corrected chi connectivity index (χ3v) is 5.24. The van der Waals surface area contributed by atoms with Gasteiger partial charge in [-0.25, -0.2) is 4.98 Å². The number of hydrogen-bond acceptors (Lipinski definition) is 3. The first-order valence-electron chi connectivity index (χ1n) is 7.52. The molecule has 1 aromatic rings. The lowest BCUT2D eigenvalue weighted by atomic mass is 9.91. The van der Waals surface area contributed by atoms with Gasteiger partial charge in [0.15, 0.2) is 0 Å². The summed E-state index contributed by atoms with van der Waals surface area (Å²) in [5.41, 5.74) is 2.62. The Bertz CT molecular complexity index is 406. The van der Waals surface area contributed by atoms with Crippen molar-refractivity contribution >= 4 is 11.8 Å². The van der Waals surface area contributed by atoms with Crippen molar-refractivity contribution in [2.24, 2.45) is 5.92 Å². The van der Waals surface area contributed by atoms with Crippen molar-refractivity contribution in [2.45, 2.75) is 63.3 Å². The van der Waals surface area contributed by atoms with E-state index in [1.165, 1.54) is 41.8 Å². The minimum atomic E-state index is 0.773. The Morgan fingerprint density at radius 2 is 2.26 bits per heavy atom. The Hall–Kier alpha value is -0.540. The largest absolute Gasteiger partial charge is 0.313 e. The highest BCUT2D eigenvalue weighted by Crippen LogP contribution is 2.36. The fourth-order valence-electron chi connectivity index (χ4n) is 2.75. The van der Waals surface area contributed by atoms with Crippen molar-refractivity contribution in [3.05, 3.63) is 23.4 Å². The van der Waals surface area contributed by atoms with Gasteiger partial charge < -0.3 is 5.32 Å². The van der Waals surface area contributed by atoms with Crippen LogP contribution in [-0.2, 0) is 6.54 Å². The molecule has 0 amide bonds. The summed E-state index contributed by atoms with van der Waals surface area (Å²) >= 11 is 2.00. The van der Waals surface area contributed by atoms with Crippen molar-refractivity contribution < 1.29 is 0 Å². The molecule has 2 atom stereocenters. The molecule has 19 heavy (non-hydrogen) atoms. The van der Waals surface area contributed by atoms with Gasteiger partial charge >= 0.3 is 0 Å². The van der Waals surface area contributed by atoms with Gasteiger partial charge in [0.2, 0.25) is 0 Å². The molecule has 1 heterocycles. The van der Waals surface area contributed by atoms with Crippen molar-refractivity contribution in [3.63, 3.8) is 0 Å². The molecular formula is C16H26N2S. The van der Waals surface area contributed by atoms with E-state index in [4.69, 9.17) is 0 Å². The van der Waals surface area contributed by atoms with Crippen LogP contribution in [0.1, 0.15) is 50.7 Å². The van der Waals surface area contributed by atoms with Crippen molar-refractivity contribution in [1.82, 2.24) is 10.3 Å². The molecule has 3 heteroatoms. The first-order chi connectivity index (χ1) is 9.19. The van der Waals surface area contributed by atoms with Gasteiger partial charge in [-0.2, -0.15) is 0 Å². The van der Waals surface area contributed by atoms with Crippen LogP contribution < -0.4 is 5.32 Å². The smallest absolute Gasteiger partial charge is 0.0991 e. The number of pyridine rings is 1. The van der Waals surface area contributed by atoms with E-state index in [-0.39, 0.29) is 0 Å². The number of nitrogens with one attached hydrogen (secondary N) is 1. The molecule has 1 N–H and O–H groups in total. The highest BCUT2D eigenvalue weighted by atomic mass is 32.2. The van der Waals surface area contributed by atoms with Crippen LogP contribution in [0.25, 0.3) is 0 Å². The average molecular weight is 278 g/mol. The van der Waals surface area contributed by atoms with Crippen molar-refractivity contribution in [3.8, 4) is 0 Å². The van der Waals surface area contributed by atoms with E-state index in [2.05, 4.69) is 37.1 Å². The van der Waals surface area contributed by atoms with Crippen molar-refractivity contribution in [2.75, 3.05) is 6.54 Å². The van der Waals surface area contributed by atoms with Crippen LogP contribution in [0.2, 0.25) is 0 Å². The van der Waals surface area contributed by atoms with Crippen molar-refractivity contribution in [1.29, 1.82) is 0 Å². The molecule has 1 fully saturated rings. The number of nitrogens with zero attached hydrogens (tertiary/aromatic N) is 1. The molecule has 106 valence electrons. The summed E-state index contributed by atoms with van der Waals surface area (Å²) in [6, 6.07) is 2.28. The van der Waals surface area contributed by atoms with Gasteiger partial charge in [-0.15, -0.1) is 11.8 Å². The van der Waals surface area contributed by atoms with E-state index in [1.54, 1.807) is 0 Å². The standard InChI is InChI=1S/C16H26N2S/c1-4-17-10-14-9-13(3)16(18-11-14)19-15-7-5-6-12(2)8-15/h9,11-12,15,17H,4-8,10H2,1-3H3. The third kappa shape index (κ3) is 4.50. The van der Waals surface area contributed by atoms with Gasteiger partial charge in [0.25, 0.3) is 0 Å². The van der Waals surface area contributed by atoms with Crippen LogP contribution in [0.3, 0.4) is 0 Å². The van der Waals surface area contributed by atoms with E-state index in [0.29, 0.717) is 0 Å². The second-order valence-electron chi connectivity index (χ2n) is 5.76. The zero-order chi connectivity index (χ0) is 13.7. The first kappa shape index (κ1) is 14.9. The summed E-state index contributed by atoms with van der Waals surface area (Å²) in [5, 5.41) is 5.36. The molecule has 1 saturated carbocycles. The van der Waals surface area contributed by atoms with E-state index in [0.717, 1.165) is 24.3 Å². The molecule has 2 unspecified atom stereocenters. The summed E-state index contributed by atoms with van der Waals surface area (Å²) in [6.45, 7) is 8.64. The molecular weight excluding hydrogens is 252 g/mol. The first-order valence-corrected chi connectivity index (χ1v) is 8.40. The van der Waals surface area contributed by atoms with Crippen LogP contribution >= 0.6 is 11.8 Å². The maximum absolute atomic E-state index is 4.67. The van der Waals surface area contributed by atoms with Crippen LogP contribution in [0, 0.1) is 12.8 Å². The predicted octanol–water partition coefficient (Wildman–Crippen LogP) is 4.17. The summed E-state index contributed by atoms with van der Waals surface area (Å²) in [6.07, 6.45) is 7.53. The Labute approximate surface area is 121 Å². The highest BCUT2D eigenvalue weighted by Gasteiger charge is 2.20. The van der Waals surface area contributed by atoms with E-state index in [1.807, 2.05) is 18.0 Å². The minimum Gasteiger partial charge on any atom is -0.313 e. The maximum atomic E-state index is 4.67. The van der Waals surface area contributed by atoms with E-state index in [9.17, 15) is 0 Å². The summed E-state index contributed by atoms with van der Waals surface area (Å²) in [7, 11) is 0. The zero-order valence-corrected chi connectivity index (χ0v) is 13.2. The fraction of sp³-hybridized carbons (Fsp3) is 0.688. The van der Waals surface area contributed by atoms with Gasteiger partial charge in [-0.05, 0) is 43.4 Å². The SMILES string of the molecule is CCNCc1cnc(SC2CCCC(C)C2)c(C)c1. The number of hydrogen-bond donors (Lipinski definition) is 1. The lowest BCUT2D eigenvalue weighted by Gasteiger charge is -2.26. The molecule has 0 radical (unpaired) electrons. The zero-order valence-electron chi connectivity index (χ0n) is 12.4.